The first kappa shape index (κ1) is 17.5. The smallest absolute Gasteiger partial charge is 0.251 e. The summed E-state index contributed by atoms with van der Waals surface area (Å²) in [5.74, 6) is 0.505. The van der Waals surface area contributed by atoms with Crippen LogP contribution in [0.5, 0.6) is 0 Å². The Morgan fingerprint density at radius 2 is 2.00 bits per heavy atom. The first-order chi connectivity index (χ1) is 10.6. The van der Waals surface area contributed by atoms with Gasteiger partial charge in [0.2, 0.25) is 0 Å². The minimum atomic E-state index is -0.0535. The molecule has 1 saturated carbocycles. The summed E-state index contributed by atoms with van der Waals surface area (Å²) in [6, 6.07) is 9.64. The van der Waals surface area contributed by atoms with Crippen molar-refractivity contribution >= 4 is 18.3 Å². The zero-order valence-electron chi connectivity index (χ0n) is 13.5. The van der Waals surface area contributed by atoms with Crippen LogP contribution in [0.1, 0.15) is 34.6 Å². The Labute approximate surface area is 142 Å². The summed E-state index contributed by atoms with van der Waals surface area (Å²) in [6.45, 7) is 4.48. The number of benzene rings is 1. The molecule has 0 bridgehead atoms. The fourth-order valence-corrected chi connectivity index (χ4v) is 2.76. The Kier molecular flexibility index (Phi) is 5.44. The lowest BCUT2D eigenvalue weighted by Gasteiger charge is -2.16. The van der Waals surface area contributed by atoms with Gasteiger partial charge in [-0.05, 0) is 62.9 Å². The minimum absolute atomic E-state index is 0. The van der Waals surface area contributed by atoms with Crippen LogP contribution in [0.3, 0.4) is 0 Å². The highest BCUT2D eigenvalue weighted by Gasteiger charge is 2.31. The first-order valence-corrected chi connectivity index (χ1v) is 7.73. The number of nitrogens with two attached hydrogens (primary N) is 1. The monoisotopic (exact) mass is 334 g/mol. The van der Waals surface area contributed by atoms with Crippen LogP contribution in [0.2, 0.25) is 0 Å². The third kappa shape index (κ3) is 3.92. The van der Waals surface area contributed by atoms with Crippen LogP contribution in [-0.4, -0.2) is 28.3 Å². The molecule has 0 spiro atoms. The summed E-state index contributed by atoms with van der Waals surface area (Å²) < 4.78 is 1.88. The quantitative estimate of drug-likeness (QED) is 0.881. The van der Waals surface area contributed by atoms with Crippen molar-refractivity contribution in [2.45, 2.75) is 32.7 Å². The van der Waals surface area contributed by atoms with Gasteiger partial charge in [0.15, 0.2) is 0 Å². The molecule has 124 valence electrons. The van der Waals surface area contributed by atoms with Gasteiger partial charge in [-0.3, -0.25) is 4.79 Å². The Hall–Kier alpha value is -1.85. The van der Waals surface area contributed by atoms with Crippen molar-refractivity contribution in [1.29, 1.82) is 0 Å². The molecular weight excluding hydrogens is 312 g/mol. The van der Waals surface area contributed by atoms with E-state index in [0.29, 0.717) is 18.0 Å². The van der Waals surface area contributed by atoms with E-state index in [0.717, 1.165) is 17.1 Å². The maximum atomic E-state index is 12.3. The van der Waals surface area contributed by atoms with Crippen molar-refractivity contribution in [2.75, 3.05) is 6.54 Å². The minimum Gasteiger partial charge on any atom is -0.348 e. The predicted octanol–water partition coefficient (Wildman–Crippen LogP) is 2.38. The molecule has 2 aromatic rings. The molecule has 1 unspecified atom stereocenters. The highest BCUT2D eigenvalue weighted by Crippen LogP contribution is 2.32. The molecule has 5 nitrogen and oxygen atoms in total. The van der Waals surface area contributed by atoms with Gasteiger partial charge < -0.3 is 11.1 Å². The maximum absolute atomic E-state index is 12.3. The zero-order chi connectivity index (χ0) is 15.7. The Bertz CT molecular complexity index is 676. The van der Waals surface area contributed by atoms with Gasteiger partial charge in [-0.15, -0.1) is 12.4 Å². The van der Waals surface area contributed by atoms with E-state index in [2.05, 4.69) is 10.4 Å². The molecule has 1 aromatic heterocycles. The van der Waals surface area contributed by atoms with Crippen LogP contribution in [0, 0.1) is 19.8 Å². The normalized spacial score (nSPS) is 14.9. The second-order valence-electron chi connectivity index (χ2n) is 6.04. The van der Waals surface area contributed by atoms with Crippen LogP contribution in [0.4, 0.5) is 0 Å². The average Bonchev–Trinajstić information content (AvgIpc) is 3.29. The van der Waals surface area contributed by atoms with E-state index in [1.54, 1.807) is 0 Å². The van der Waals surface area contributed by atoms with Gasteiger partial charge in [0, 0.05) is 23.8 Å². The first-order valence-electron chi connectivity index (χ1n) is 7.73. The van der Waals surface area contributed by atoms with E-state index in [4.69, 9.17) is 5.73 Å². The number of carbonyl (C=O) groups excluding carboxylic acids is 1. The van der Waals surface area contributed by atoms with Gasteiger partial charge >= 0.3 is 0 Å². The topological polar surface area (TPSA) is 72.9 Å². The molecule has 1 atom stereocenters. The van der Waals surface area contributed by atoms with E-state index >= 15 is 0 Å². The molecule has 1 aromatic carbocycles. The van der Waals surface area contributed by atoms with Gasteiger partial charge in [-0.2, -0.15) is 5.10 Å². The number of halogens is 1. The van der Waals surface area contributed by atoms with Crippen molar-refractivity contribution < 1.29 is 4.79 Å². The largest absolute Gasteiger partial charge is 0.348 e. The van der Waals surface area contributed by atoms with Crippen molar-refractivity contribution in [3.63, 3.8) is 0 Å². The lowest BCUT2D eigenvalue weighted by atomic mass is 10.1. The molecule has 1 aliphatic carbocycles. The van der Waals surface area contributed by atoms with Crippen molar-refractivity contribution in [3.05, 3.63) is 47.3 Å². The fraction of sp³-hybridized carbons (Fsp3) is 0.412. The Morgan fingerprint density at radius 1 is 1.35 bits per heavy atom. The second kappa shape index (κ2) is 7.15. The summed E-state index contributed by atoms with van der Waals surface area (Å²) in [7, 11) is 0. The molecule has 6 heteroatoms. The zero-order valence-corrected chi connectivity index (χ0v) is 14.3. The number of hydrogen-bond donors (Lipinski definition) is 2. The molecule has 3 N–H and O–H groups in total. The van der Waals surface area contributed by atoms with Gasteiger partial charge in [0.25, 0.3) is 5.91 Å². The predicted molar refractivity (Wildman–Crippen MR) is 93.3 cm³/mol. The molecule has 1 amide bonds. The summed E-state index contributed by atoms with van der Waals surface area (Å²) in [4.78, 5) is 12.3. The van der Waals surface area contributed by atoms with Crippen molar-refractivity contribution in [2.24, 2.45) is 11.7 Å². The molecule has 1 fully saturated rings. The molecule has 1 aliphatic rings. The number of rotatable bonds is 5. The number of aromatic nitrogens is 2. The van der Waals surface area contributed by atoms with Crippen molar-refractivity contribution in [1.82, 2.24) is 15.1 Å². The summed E-state index contributed by atoms with van der Waals surface area (Å²) in [6.07, 6.45) is 2.33. The van der Waals surface area contributed by atoms with Crippen LogP contribution < -0.4 is 11.1 Å². The van der Waals surface area contributed by atoms with Gasteiger partial charge in [0.05, 0.1) is 11.4 Å². The molecule has 0 aliphatic heterocycles. The fourth-order valence-electron chi connectivity index (χ4n) is 2.76. The molecule has 1 heterocycles. The van der Waals surface area contributed by atoms with Crippen molar-refractivity contribution in [3.8, 4) is 5.69 Å². The number of aryl methyl sites for hydroxylation is 2. The number of hydrogen-bond acceptors (Lipinski definition) is 3. The lowest BCUT2D eigenvalue weighted by molar-refractivity contribution is 0.0933. The highest BCUT2D eigenvalue weighted by atomic mass is 35.5. The number of nitrogens with zero attached hydrogens (tertiary/aromatic N) is 2. The van der Waals surface area contributed by atoms with Gasteiger partial charge in [0.1, 0.15) is 0 Å². The van der Waals surface area contributed by atoms with E-state index < -0.39 is 0 Å². The Morgan fingerprint density at radius 3 is 2.48 bits per heavy atom. The third-order valence-electron chi connectivity index (χ3n) is 4.15. The van der Waals surface area contributed by atoms with E-state index in [-0.39, 0.29) is 24.4 Å². The number of nitrogens with one attached hydrogen (secondary N) is 1. The second-order valence-corrected chi connectivity index (χ2v) is 6.04. The molecule has 0 radical (unpaired) electrons. The van der Waals surface area contributed by atoms with Gasteiger partial charge in [-0.1, -0.05) is 0 Å². The molecular formula is C17H23ClN4O. The third-order valence-corrected chi connectivity index (χ3v) is 4.15. The van der Waals surface area contributed by atoms with E-state index in [9.17, 15) is 4.79 Å². The molecule has 3 rings (SSSR count). The molecule has 0 saturated heterocycles. The lowest BCUT2D eigenvalue weighted by Crippen LogP contribution is -2.41. The van der Waals surface area contributed by atoms with E-state index in [1.165, 1.54) is 12.8 Å². The van der Waals surface area contributed by atoms with E-state index in [1.807, 2.05) is 48.9 Å². The molecule has 23 heavy (non-hydrogen) atoms. The van der Waals surface area contributed by atoms with Crippen LogP contribution in [-0.2, 0) is 0 Å². The van der Waals surface area contributed by atoms with Crippen LogP contribution >= 0.6 is 12.4 Å². The number of carbonyl (C=O) groups is 1. The highest BCUT2D eigenvalue weighted by molar-refractivity contribution is 5.94. The standard InChI is InChI=1S/C17H22N4O.ClH/c1-11-9-12(2)21(20-11)15-7-5-14(6-8-15)17(22)19-16(10-18)13-3-4-13;/h5-9,13,16H,3-4,10,18H2,1-2H3,(H,19,22);1H. The average molecular weight is 335 g/mol. The SMILES string of the molecule is Cc1cc(C)n(-c2ccc(C(=O)NC(CN)C3CC3)cc2)n1.Cl. The summed E-state index contributed by atoms with van der Waals surface area (Å²) in [5, 5.41) is 7.48. The van der Waals surface area contributed by atoms with Gasteiger partial charge in [-0.25, -0.2) is 4.68 Å². The Balaban J connectivity index is 0.00000192. The number of amides is 1. The van der Waals surface area contributed by atoms with Crippen LogP contribution in [0.15, 0.2) is 30.3 Å². The summed E-state index contributed by atoms with van der Waals surface area (Å²) >= 11 is 0. The maximum Gasteiger partial charge on any atom is 0.251 e. The van der Waals surface area contributed by atoms with Crippen LogP contribution in [0.25, 0.3) is 5.69 Å². The summed E-state index contributed by atoms with van der Waals surface area (Å²) in [5.41, 5.74) is 9.40.